The lowest BCUT2D eigenvalue weighted by Gasteiger charge is -2.31. The Morgan fingerprint density at radius 1 is 1.67 bits per heavy atom. The van der Waals surface area contributed by atoms with E-state index in [0.29, 0.717) is 5.92 Å². The summed E-state index contributed by atoms with van der Waals surface area (Å²) in [6, 6.07) is 2.34. The monoisotopic (exact) mass is 167 g/mol. The van der Waals surface area contributed by atoms with Gasteiger partial charge in [-0.05, 0) is 18.8 Å². The number of nitriles is 1. The van der Waals surface area contributed by atoms with Crippen molar-refractivity contribution in [1.29, 1.82) is 5.26 Å². The van der Waals surface area contributed by atoms with Gasteiger partial charge in [-0.25, -0.2) is 0 Å². The van der Waals surface area contributed by atoms with E-state index in [1.54, 1.807) is 0 Å². The molecule has 0 aromatic carbocycles. The number of hydrogen-bond donors (Lipinski definition) is 0. The van der Waals surface area contributed by atoms with E-state index < -0.39 is 0 Å². The smallest absolute Gasteiger partial charge is 0.0758 e. The summed E-state index contributed by atoms with van der Waals surface area (Å²) in [6.45, 7) is 5.16. The number of hydrogen-bond acceptors (Lipinski definition) is 2. The molecule has 2 nitrogen and oxygen atoms in total. The van der Waals surface area contributed by atoms with Crippen LogP contribution in [-0.2, 0) is 4.74 Å². The maximum absolute atomic E-state index is 8.88. The van der Waals surface area contributed by atoms with Crippen molar-refractivity contribution < 1.29 is 4.74 Å². The fourth-order valence-electron chi connectivity index (χ4n) is 1.73. The van der Waals surface area contributed by atoms with Gasteiger partial charge in [-0.3, -0.25) is 0 Å². The van der Waals surface area contributed by atoms with E-state index in [9.17, 15) is 0 Å². The second-order valence-corrected chi connectivity index (χ2v) is 3.60. The van der Waals surface area contributed by atoms with E-state index in [2.05, 4.69) is 19.9 Å². The first-order valence-electron chi connectivity index (χ1n) is 4.80. The topological polar surface area (TPSA) is 33.0 Å². The summed E-state index contributed by atoms with van der Waals surface area (Å²) in [5, 5.41) is 8.88. The van der Waals surface area contributed by atoms with Crippen LogP contribution in [0.4, 0.5) is 0 Å². The minimum atomic E-state index is 0.133. The Balaban J connectivity index is 2.53. The standard InChI is InChI=1S/C10H17NO/c1-3-8(2)10-9(7-11)5-4-6-12-10/h8-10H,3-6H2,1-2H3. The van der Waals surface area contributed by atoms with Crippen LogP contribution in [-0.4, -0.2) is 12.7 Å². The fourth-order valence-corrected chi connectivity index (χ4v) is 1.73. The molecule has 0 N–H and O–H groups in total. The Hall–Kier alpha value is -0.550. The molecule has 68 valence electrons. The first kappa shape index (κ1) is 9.54. The molecule has 3 atom stereocenters. The van der Waals surface area contributed by atoms with Crippen LogP contribution in [0, 0.1) is 23.2 Å². The molecule has 0 aromatic rings. The van der Waals surface area contributed by atoms with Gasteiger partial charge in [0.1, 0.15) is 0 Å². The predicted molar refractivity (Wildman–Crippen MR) is 47.5 cm³/mol. The normalized spacial score (nSPS) is 32.4. The molecule has 3 unspecified atom stereocenters. The summed E-state index contributed by atoms with van der Waals surface area (Å²) in [7, 11) is 0. The summed E-state index contributed by atoms with van der Waals surface area (Å²) >= 11 is 0. The Labute approximate surface area is 74.5 Å². The van der Waals surface area contributed by atoms with Gasteiger partial charge in [0.2, 0.25) is 0 Å². The lowest BCUT2D eigenvalue weighted by molar-refractivity contribution is -0.0405. The Bertz CT molecular complexity index is 173. The van der Waals surface area contributed by atoms with Crippen LogP contribution in [0.2, 0.25) is 0 Å². The molecule has 0 bridgehead atoms. The number of nitrogens with zero attached hydrogens (tertiary/aromatic N) is 1. The third-order valence-electron chi connectivity index (χ3n) is 2.74. The van der Waals surface area contributed by atoms with E-state index >= 15 is 0 Å². The van der Waals surface area contributed by atoms with Gasteiger partial charge in [-0.15, -0.1) is 0 Å². The Morgan fingerprint density at radius 3 is 3.00 bits per heavy atom. The third kappa shape index (κ3) is 1.98. The molecule has 0 aliphatic carbocycles. The highest BCUT2D eigenvalue weighted by Crippen LogP contribution is 2.27. The zero-order valence-electron chi connectivity index (χ0n) is 7.92. The molecule has 0 saturated carbocycles. The van der Waals surface area contributed by atoms with Crippen molar-refractivity contribution >= 4 is 0 Å². The highest BCUT2D eigenvalue weighted by Gasteiger charge is 2.29. The molecule has 12 heavy (non-hydrogen) atoms. The molecular formula is C10H17NO. The molecule has 1 rings (SSSR count). The fraction of sp³-hybridized carbons (Fsp3) is 0.900. The average molecular weight is 167 g/mol. The van der Waals surface area contributed by atoms with Crippen LogP contribution in [0.5, 0.6) is 0 Å². The largest absolute Gasteiger partial charge is 0.377 e. The van der Waals surface area contributed by atoms with Gasteiger partial charge in [0.25, 0.3) is 0 Å². The SMILES string of the molecule is CCC(C)C1OCCCC1C#N. The van der Waals surface area contributed by atoms with Gasteiger partial charge in [0, 0.05) is 6.61 Å². The number of ether oxygens (including phenoxy) is 1. The molecule has 1 aliphatic heterocycles. The van der Waals surface area contributed by atoms with Crippen molar-refractivity contribution in [1.82, 2.24) is 0 Å². The Kier molecular flexibility index (Phi) is 3.55. The molecule has 1 saturated heterocycles. The second-order valence-electron chi connectivity index (χ2n) is 3.60. The molecule has 0 radical (unpaired) electrons. The van der Waals surface area contributed by atoms with Gasteiger partial charge in [0.05, 0.1) is 18.1 Å². The minimum absolute atomic E-state index is 0.133. The zero-order valence-corrected chi connectivity index (χ0v) is 7.92. The molecule has 0 spiro atoms. The van der Waals surface area contributed by atoms with Gasteiger partial charge < -0.3 is 4.74 Å². The predicted octanol–water partition coefficient (Wildman–Crippen LogP) is 2.35. The van der Waals surface area contributed by atoms with E-state index in [1.807, 2.05) is 0 Å². The first-order chi connectivity index (χ1) is 5.79. The van der Waals surface area contributed by atoms with E-state index in [0.717, 1.165) is 25.9 Å². The minimum Gasteiger partial charge on any atom is -0.377 e. The van der Waals surface area contributed by atoms with Crippen molar-refractivity contribution in [3.63, 3.8) is 0 Å². The van der Waals surface area contributed by atoms with Crippen molar-refractivity contribution in [2.45, 2.75) is 39.2 Å². The molecule has 1 aliphatic rings. The van der Waals surface area contributed by atoms with Crippen molar-refractivity contribution in [2.75, 3.05) is 6.61 Å². The van der Waals surface area contributed by atoms with Crippen LogP contribution >= 0.6 is 0 Å². The number of rotatable bonds is 2. The van der Waals surface area contributed by atoms with Gasteiger partial charge in [-0.2, -0.15) is 5.26 Å². The zero-order chi connectivity index (χ0) is 8.97. The quantitative estimate of drug-likeness (QED) is 0.632. The third-order valence-corrected chi connectivity index (χ3v) is 2.74. The van der Waals surface area contributed by atoms with E-state index in [4.69, 9.17) is 10.00 Å². The molecule has 1 heterocycles. The summed E-state index contributed by atoms with van der Waals surface area (Å²) in [5.41, 5.74) is 0. The maximum Gasteiger partial charge on any atom is 0.0758 e. The molecule has 2 heteroatoms. The summed E-state index contributed by atoms with van der Waals surface area (Å²) in [6.07, 6.45) is 3.35. The van der Waals surface area contributed by atoms with E-state index in [-0.39, 0.29) is 12.0 Å². The van der Waals surface area contributed by atoms with Crippen LogP contribution in [0.1, 0.15) is 33.1 Å². The highest BCUT2D eigenvalue weighted by molar-refractivity contribution is 4.92. The van der Waals surface area contributed by atoms with Crippen LogP contribution in [0.15, 0.2) is 0 Å². The van der Waals surface area contributed by atoms with Crippen LogP contribution in [0.25, 0.3) is 0 Å². The lowest BCUT2D eigenvalue weighted by Crippen LogP contribution is -2.33. The van der Waals surface area contributed by atoms with Crippen LogP contribution < -0.4 is 0 Å². The first-order valence-corrected chi connectivity index (χ1v) is 4.80. The van der Waals surface area contributed by atoms with Crippen molar-refractivity contribution in [2.24, 2.45) is 11.8 Å². The summed E-state index contributed by atoms with van der Waals surface area (Å²) < 4.78 is 5.61. The summed E-state index contributed by atoms with van der Waals surface area (Å²) in [4.78, 5) is 0. The lowest BCUT2D eigenvalue weighted by atomic mass is 9.86. The van der Waals surface area contributed by atoms with Crippen molar-refractivity contribution in [3.8, 4) is 6.07 Å². The highest BCUT2D eigenvalue weighted by atomic mass is 16.5. The van der Waals surface area contributed by atoms with Gasteiger partial charge >= 0.3 is 0 Å². The maximum atomic E-state index is 8.88. The molecule has 0 amide bonds. The molecule has 1 fully saturated rings. The summed E-state index contributed by atoms with van der Waals surface area (Å²) in [5.74, 6) is 0.656. The average Bonchev–Trinajstić information content (AvgIpc) is 2.16. The van der Waals surface area contributed by atoms with Gasteiger partial charge in [0.15, 0.2) is 0 Å². The van der Waals surface area contributed by atoms with Crippen LogP contribution in [0.3, 0.4) is 0 Å². The van der Waals surface area contributed by atoms with E-state index in [1.165, 1.54) is 0 Å². The molecular weight excluding hydrogens is 150 g/mol. The van der Waals surface area contributed by atoms with Crippen molar-refractivity contribution in [3.05, 3.63) is 0 Å². The van der Waals surface area contributed by atoms with Gasteiger partial charge in [-0.1, -0.05) is 20.3 Å². The Morgan fingerprint density at radius 2 is 2.42 bits per heavy atom. The molecule has 0 aromatic heterocycles. The second kappa shape index (κ2) is 4.47.